The van der Waals surface area contributed by atoms with E-state index in [2.05, 4.69) is 20.4 Å². The Morgan fingerprint density at radius 3 is 2.73 bits per heavy atom. The molecule has 2 aromatic heterocycles. The number of aromatic amines is 1. The molecule has 2 N–H and O–H groups in total. The van der Waals surface area contributed by atoms with Crippen LogP contribution in [0.3, 0.4) is 0 Å². The highest BCUT2D eigenvalue weighted by atomic mass is 35.5. The molecule has 0 saturated carbocycles. The van der Waals surface area contributed by atoms with Crippen molar-refractivity contribution in [2.24, 2.45) is 0 Å². The molecule has 0 atom stereocenters. The van der Waals surface area contributed by atoms with Crippen LogP contribution in [0.15, 0.2) is 64.5 Å². The highest BCUT2D eigenvalue weighted by Crippen LogP contribution is 2.27. The monoisotopic (exact) mass is 441 g/mol. The normalized spacial score (nSPS) is 10.9. The Kier molecular flexibility index (Phi) is 5.73. The van der Waals surface area contributed by atoms with Crippen LogP contribution in [0.1, 0.15) is 0 Å². The lowest BCUT2D eigenvalue weighted by Gasteiger charge is -2.09. The van der Waals surface area contributed by atoms with Crippen molar-refractivity contribution in [2.45, 2.75) is 5.16 Å². The molecule has 1 amide bonds. The molecule has 0 bridgehead atoms. The molecule has 0 aliphatic heterocycles. The summed E-state index contributed by atoms with van der Waals surface area (Å²) in [6.07, 6.45) is 0. The average Bonchev–Trinajstić information content (AvgIpc) is 3.13. The predicted octanol–water partition coefficient (Wildman–Crippen LogP) is 3.48. The minimum atomic E-state index is -0.298. The van der Waals surface area contributed by atoms with Gasteiger partial charge in [0, 0.05) is 17.3 Å². The maximum Gasteiger partial charge on any atom is 0.266 e. The first-order valence-corrected chi connectivity index (χ1v) is 10.2. The number of carbonyl (C=O) groups is 1. The lowest BCUT2D eigenvalue weighted by Crippen LogP contribution is -2.15. The largest absolute Gasteiger partial charge is 0.495 e. The number of thioether (sulfide) groups is 1. The van der Waals surface area contributed by atoms with E-state index in [0.29, 0.717) is 33.1 Å². The van der Waals surface area contributed by atoms with Crippen LogP contribution >= 0.6 is 23.4 Å². The molecule has 8 nitrogen and oxygen atoms in total. The molecule has 30 heavy (non-hydrogen) atoms. The van der Waals surface area contributed by atoms with E-state index in [9.17, 15) is 9.59 Å². The van der Waals surface area contributed by atoms with Crippen molar-refractivity contribution < 1.29 is 9.53 Å². The fraction of sp³-hybridized carbons (Fsp3) is 0.100. The molecule has 0 saturated heterocycles. The molecule has 4 aromatic rings. The summed E-state index contributed by atoms with van der Waals surface area (Å²) in [5.41, 5.74) is 1.50. The molecule has 4 rings (SSSR count). The van der Waals surface area contributed by atoms with Gasteiger partial charge >= 0.3 is 0 Å². The number of halogens is 1. The number of rotatable bonds is 6. The summed E-state index contributed by atoms with van der Waals surface area (Å²) in [7, 11) is 1.52. The van der Waals surface area contributed by atoms with E-state index in [1.165, 1.54) is 29.5 Å². The number of nitrogens with zero attached hydrogens (tertiary/aromatic N) is 3. The topological polar surface area (TPSA) is 101 Å². The van der Waals surface area contributed by atoms with Crippen molar-refractivity contribution in [3.05, 3.63) is 70.0 Å². The molecule has 152 valence electrons. The molecule has 0 unspecified atom stereocenters. The fourth-order valence-electron chi connectivity index (χ4n) is 2.77. The number of methoxy groups -OCH3 is 1. The van der Waals surface area contributed by atoms with Gasteiger partial charge in [-0.05, 0) is 18.2 Å². The second-order valence-corrected chi connectivity index (χ2v) is 7.55. The second kappa shape index (κ2) is 8.60. The first kappa shape index (κ1) is 20.0. The first-order chi connectivity index (χ1) is 14.5. The van der Waals surface area contributed by atoms with Crippen LogP contribution in [0.25, 0.3) is 17.0 Å². The molecule has 0 fully saturated rings. The number of fused-ring (bicyclic) bond motifs is 1. The molecule has 0 aliphatic rings. The van der Waals surface area contributed by atoms with Crippen molar-refractivity contribution in [1.82, 2.24) is 19.6 Å². The quantitative estimate of drug-likeness (QED) is 0.444. The maximum atomic E-state index is 12.4. The Balaban J connectivity index is 1.55. The number of benzene rings is 2. The lowest BCUT2D eigenvalue weighted by molar-refractivity contribution is -0.113. The van der Waals surface area contributed by atoms with Crippen LogP contribution in [0.2, 0.25) is 5.02 Å². The summed E-state index contributed by atoms with van der Waals surface area (Å²) in [6, 6.07) is 15.8. The van der Waals surface area contributed by atoms with Crippen molar-refractivity contribution in [3.8, 4) is 17.1 Å². The number of ether oxygens (including phenoxy) is 1. The number of hydrogen-bond donors (Lipinski definition) is 2. The van der Waals surface area contributed by atoms with Crippen LogP contribution in [0.5, 0.6) is 5.75 Å². The zero-order valence-corrected chi connectivity index (χ0v) is 17.3. The van der Waals surface area contributed by atoms with E-state index in [-0.39, 0.29) is 17.2 Å². The maximum absolute atomic E-state index is 12.4. The van der Waals surface area contributed by atoms with Gasteiger partial charge in [-0.2, -0.15) is 0 Å². The third-order valence-electron chi connectivity index (χ3n) is 4.12. The van der Waals surface area contributed by atoms with Gasteiger partial charge in [0.15, 0.2) is 16.6 Å². The van der Waals surface area contributed by atoms with Crippen LogP contribution in [0.4, 0.5) is 5.69 Å². The van der Waals surface area contributed by atoms with Crippen molar-refractivity contribution in [2.75, 3.05) is 18.2 Å². The SMILES string of the molecule is COc1ccc(NC(=O)CSc2nc(-c3ccccc3)nc3cc(=O)[nH]n23)cc1Cl. The average molecular weight is 442 g/mol. The van der Waals surface area contributed by atoms with Crippen LogP contribution in [-0.2, 0) is 4.79 Å². The van der Waals surface area contributed by atoms with Crippen LogP contribution in [0, 0.1) is 0 Å². The number of aromatic nitrogens is 4. The number of anilines is 1. The van der Waals surface area contributed by atoms with E-state index in [4.69, 9.17) is 16.3 Å². The van der Waals surface area contributed by atoms with Gasteiger partial charge in [-0.25, -0.2) is 14.5 Å². The van der Waals surface area contributed by atoms with Gasteiger partial charge in [-0.15, -0.1) is 0 Å². The Morgan fingerprint density at radius 2 is 2.00 bits per heavy atom. The number of nitrogens with one attached hydrogen (secondary N) is 2. The molecular formula is C20H16ClN5O3S. The summed E-state index contributed by atoms with van der Waals surface area (Å²) in [4.78, 5) is 33.2. The molecular weight excluding hydrogens is 426 g/mol. The van der Waals surface area contributed by atoms with Crippen molar-refractivity contribution >= 4 is 40.6 Å². The smallest absolute Gasteiger partial charge is 0.266 e. The summed E-state index contributed by atoms with van der Waals surface area (Å²) in [6.45, 7) is 0. The number of H-pyrrole nitrogens is 1. The molecule has 2 aromatic carbocycles. The Bertz CT molecular complexity index is 1270. The van der Waals surface area contributed by atoms with E-state index in [1.807, 2.05) is 30.3 Å². The second-order valence-electron chi connectivity index (χ2n) is 6.20. The zero-order valence-electron chi connectivity index (χ0n) is 15.8. The first-order valence-electron chi connectivity index (χ1n) is 8.85. The van der Waals surface area contributed by atoms with E-state index in [1.54, 1.807) is 18.2 Å². The number of amides is 1. The van der Waals surface area contributed by atoms with Crippen LogP contribution in [-0.4, -0.2) is 38.4 Å². The zero-order chi connectivity index (χ0) is 21.1. The van der Waals surface area contributed by atoms with Crippen molar-refractivity contribution in [3.63, 3.8) is 0 Å². The third kappa shape index (κ3) is 4.32. The fourth-order valence-corrected chi connectivity index (χ4v) is 3.78. The minimum absolute atomic E-state index is 0.0736. The lowest BCUT2D eigenvalue weighted by atomic mass is 10.2. The summed E-state index contributed by atoms with van der Waals surface area (Å²) < 4.78 is 6.58. The third-order valence-corrected chi connectivity index (χ3v) is 5.36. The van der Waals surface area contributed by atoms with Gasteiger partial charge in [0.05, 0.1) is 17.9 Å². The molecule has 2 heterocycles. The van der Waals surface area contributed by atoms with Gasteiger partial charge in [0.2, 0.25) is 5.91 Å². The van der Waals surface area contributed by atoms with Gasteiger partial charge in [0.25, 0.3) is 5.56 Å². The van der Waals surface area contributed by atoms with Gasteiger partial charge < -0.3 is 10.1 Å². The standard InChI is InChI=1S/C20H16ClN5O3S/c1-29-15-8-7-13(9-14(15)21)22-18(28)11-30-20-24-19(12-5-3-2-4-6-12)23-16-10-17(27)25-26(16)20/h2-10H,11H2,1H3,(H,22,28)(H,25,27). The summed E-state index contributed by atoms with van der Waals surface area (Å²) in [5.74, 6) is 0.824. The summed E-state index contributed by atoms with van der Waals surface area (Å²) in [5, 5.41) is 6.28. The van der Waals surface area contributed by atoms with Gasteiger partial charge in [-0.3, -0.25) is 14.7 Å². The number of hydrogen-bond acceptors (Lipinski definition) is 6. The Morgan fingerprint density at radius 1 is 1.20 bits per heavy atom. The van der Waals surface area contributed by atoms with E-state index >= 15 is 0 Å². The minimum Gasteiger partial charge on any atom is -0.495 e. The van der Waals surface area contributed by atoms with E-state index in [0.717, 1.165) is 5.56 Å². The predicted molar refractivity (Wildman–Crippen MR) is 116 cm³/mol. The Labute approximate surface area is 180 Å². The van der Waals surface area contributed by atoms with Crippen molar-refractivity contribution in [1.29, 1.82) is 0 Å². The summed E-state index contributed by atoms with van der Waals surface area (Å²) >= 11 is 7.28. The van der Waals surface area contributed by atoms with Gasteiger partial charge in [0.1, 0.15) is 5.75 Å². The highest BCUT2D eigenvalue weighted by molar-refractivity contribution is 7.99. The van der Waals surface area contributed by atoms with E-state index < -0.39 is 0 Å². The molecule has 0 aliphatic carbocycles. The highest BCUT2D eigenvalue weighted by Gasteiger charge is 2.13. The van der Waals surface area contributed by atoms with Crippen LogP contribution < -0.4 is 15.6 Å². The van der Waals surface area contributed by atoms with Gasteiger partial charge in [-0.1, -0.05) is 53.7 Å². The molecule has 10 heteroatoms. The molecule has 0 spiro atoms. The Hall–Kier alpha value is -3.30. The molecule has 0 radical (unpaired) electrons. The number of carbonyl (C=O) groups excluding carboxylic acids is 1.